The minimum atomic E-state index is 0.532. The number of benzene rings is 1. The molecule has 0 spiro atoms. The summed E-state index contributed by atoms with van der Waals surface area (Å²) in [5.74, 6) is 1.76. The zero-order chi connectivity index (χ0) is 15.6. The largest absolute Gasteiger partial charge is 0.365 e. The van der Waals surface area contributed by atoms with E-state index in [1.54, 1.807) is 0 Å². The van der Waals surface area contributed by atoms with Gasteiger partial charge in [-0.15, -0.1) is 0 Å². The first-order valence-corrected chi connectivity index (χ1v) is 8.49. The zero-order valence-electron chi connectivity index (χ0n) is 13.5. The number of hydrogen-bond donors (Lipinski definition) is 2. The van der Waals surface area contributed by atoms with Gasteiger partial charge in [-0.2, -0.15) is 0 Å². The monoisotopic (exact) mass is 306 g/mol. The van der Waals surface area contributed by atoms with Crippen molar-refractivity contribution in [2.45, 2.75) is 45.1 Å². The van der Waals surface area contributed by atoms with Gasteiger partial charge in [0.2, 0.25) is 0 Å². The number of nitrogens with one attached hydrogen (secondary N) is 2. The van der Waals surface area contributed by atoms with Crippen molar-refractivity contribution in [1.29, 1.82) is 0 Å². The van der Waals surface area contributed by atoms with Crippen LogP contribution in [0.3, 0.4) is 0 Å². The summed E-state index contributed by atoms with van der Waals surface area (Å²) in [6.07, 6.45) is 6.44. The number of rotatable bonds is 3. The number of H-pyrrole nitrogens is 1. The van der Waals surface area contributed by atoms with Crippen LogP contribution in [-0.2, 0) is 0 Å². The Morgan fingerprint density at radius 1 is 1.04 bits per heavy atom. The van der Waals surface area contributed by atoms with Crippen LogP contribution in [0, 0.1) is 6.92 Å². The third-order valence-electron chi connectivity index (χ3n) is 4.62. The average Bonchev–Trinajstić information content (AvgIpc) is 3.01. The molecule has 0 aliphatic heterocycles. The Balaban J connectivity index is 1.73. The summed E-state index contributed by atoms with van der Waals surface area (Å²) >= 11 is 0. The van der Waals surface area contributed by atoms with E-state index in [0.29, 0.717) is 6.04 Å². The molecule has 0 saturated heterocycles. The fourth-order valence-corrected chi connectivity index (χ4v) is 3.45. The van der Waals surface area contributed by atoms with E-state index in [2.05, 4.69) is 50.6 Å². The summed E-state index contributed by atoms with van der Waals surface area (Å²) in [5.41, 5.74) is 4.26. The first-order chi connectivity index (χ1) is 11.3. The summed E-state index contributed by atoms with van der Waals surface area (Å²) in [6, 6.07) is 13.0. The molecule has 0 atom stereocenters. The Morgan fingerprint density at radius 3 is 2.61 bits per heavy atom. The van der Waals surface area contributed by atoms with E-state index in [9.17, 15) is 0 Å². The van der Waals surface area contributed by atoms with Gasteiger partial charge in [0, 0.05) is 11.7 Å². The van der Waals surface area contributed by atoms with Crippen molar-refractivity contribution in [3.63, 3.8) is 0 Å². The summed E-state index contributed by atoms with van der Waals surface area (Å²) in [7, 11) is 0. The molecule has 0 bridgehead atoms. The predicted molar refractivity (Wildman–Crippen MR) is 94.6 cm³/mol. The van der Waals surface area contributed by atoms with Gasteiger partial charge in [-0.1, -0.05) is 49.6 Å². The average molecular weight is 306 g/mol. The van der Waals surface area contributed by atoms with Gasteiger partial charge in [-0.25, -0.2) is 9.97 Å². The third-order valence-corrected chi connectivity index (χ3v) is 4.62. The molecule has 2 heterocycles. The van der Waals surface area contributed by atoms with Gasteiger partial charge in [0.15, 0.2) is 5.82 Å². The van der Waals surface area contributed by atoms with Gasteiger partial charge >= 0.3 is 0 Å². The second-order valence-electron chi connectivity index (χ2n) is 6.41. The lowest BCUT2D eigenvalue weighted by Crippen LogP contribution is -2.23. The molecule has 0 radical (unpaired) electrons. The van der Waals surface area contributed by atoms with Crippen LogP contribution in [-0.4, -0.2) is 21.0 Å². The molecule has 1 aromatic carbocycles. The maximum atomic E-state index is 4.65. The van der Waals surface area contributed by atoms with Gasteiger partial charge in [0.1, 0.15) is 11.3 Å². The van der Waals surface area contributed by atoms with E-state index >= 15 is 0 Å². The molecule has 4 heteroatoms. The predicted octanol–water partition coefficient (Wildman–Crippen LogP) is 4.68. The van der Waals surface area contributed by atoms with Crippen LogP contribution >= 0.6 is 0 Å². The van der Waals surface area contributed by atoms with Gasteiger partial charge in [0.25, 0.3) is 0 Å². The van der Waals surface area contributed by atoms with Crippen molar-refractivity contribution >= 4 is 16.9 Å². The Kier molecular flexibility index (Phi) is 3.74. The van der Waals surface area contributed by atoms with E-state index in [4.69, 9.17) is 0 Å². The fraction of sp³-hybridized carbons (Fsp3) is 0.368. The van der Waals surface area contributed by atoms with E-state index < -0.39 is 0 Å². The molecule has 4 rings (SSSR count). The molecule has 118 valence electrons. The smallest absolute Gasteiger partial charge is 0.154 e. The molecular formula is C19H22N4. The standard InChI is InChI=1S/C19H22N4/c1-13-20-17-12-16(14-8-4-2-5-9-14)23-18(17)19(21-13)22-15-10-6-3-7-11-15/h2,4-5,8-9,12,15,23H,3,6-7,10-11H2,1H3,(H,20,21,22). The molecule has 1 saturated carbocycles. The quantitative estimate of drug-likeness (QED) is 0.739. The van der Waals surface area contributed by atoms with Gasteiger partial charge in [-0.05, 0) is 31.4 Å². The van der Waals surface area contributed by atoms with Gasteiger partial charge < -0.3 is 10.3 Å². The Bertz CT molecular complexity index is 801. The van der Waals surface area contributed by atoms with E-state index in [1.807, 2.05) is 13.0 Å². The first kappa shape index (κ1) is 14.2. The molecule has 2 aromatic heterocycles. The summed E-state index contributed by atoms with van der Waals surface area (Å²) in [4.78, 5) is 12.8. The minimum absolute atomic E-state index is 0.532. The number of aryl methyl sites for hydroxylation is 1. The van der Waals surface area contributed by atoms with Crippen molar-refractivity contribution < 1.29 is 0 Å². The molecular weight excluding hydrogens is 284 g/mol. The fourth-order valence-electron chi connectivity index (χ4n) is 3.45. The van der Waals surface area contributed by atoms with Crippen LogP contribution in [0.25, 0.3) is 22.3 Å². The van der Waals surface area contributed by atoms with E-state index in [-0.39, 0.29) is 0 Å². The van der Waals surface area contributed by atoms with Crippen LogP contribution < -0.4 is 5.32 Å². The second-order valence-corrected chi connectivity index (χ2v) is 6.41. The van der Waals surface area contributed by atoms with Gasteiger partial charge in [-0.3, -0.25) is 0 Å². The summed E-state index contributed by atoms with van der Waals surface area (Å²) < 4.78 is 0. The SMILES string of the molecule is Cc1nc(NC2CCCCC2)c2[nH]c(-c3ccccc3)cc2n1. The molecule has 1 aliphatic carbocycles. The topological polar surface area (TPSA) is 53.6 Å². The van der Waals surface area contributed by atoms with Gasteiger partial charge in [0.05, 0.1) is 5.52 Å². The lowest BCUT2D eigenvalue weighted by Gasteiger charge is -2.23. The molecule has 0 amide bonds. The number of fused-ring (bicyclic) bond motifs is 1. The minimum Gasteiger partial charge on any atom is -0.365 e. The number of nitrogens with zero attached hydrogens (tertiary/aromatic N) is 2. The van der Waals surface area contributed by atoms with Crippen LogP contribution in [0.5, 0.6) is 0 Å². The highest BCUT2D eigenvalue weighted by molar-refractivity contribution is 5.90. The molecule has 1 fully saturated rings. The number of anilines is 1. The van der Waals surface area contributed by atoms with Crippen molar-refractivity contribution in [2.75, 3.05) is 5.32 Å². The van der Waals surface area contributed by atoms with Crippen molar-refractivity contribution in [1.82, 2.24) is 15.0 Å². The molecule has 23 heavy (non-hydrogen) atoms. The lowest BCUT2D eigenvalue weighted by atomic mass is 9.95. The number of aromatic nitrogens is 3. The number of hydrogen-bond acceptors (Lipinski definition) is 3. The van der Waals surface area contributed by atoms with Crippen LogP contribution in [0.4, 0.5) is 5.82 Å². The first-order valence-electron chi connectivity index (χ1n) is 8.49. The Hall–Kier alpha value is -2.36. The van der Waals surface area contributed by atoms with Crippen molar-refractivity contribution in [2.24, 2.45) is 0 Å². The summed E-state index contributed by atoms with van der Waals surface area (Å²) in [6.45, 7) is 1.96. The number of aromatic amines is 1. The molecule has 4 nitrogen and oxygen atoms in total. The Labute approximate surface area is 136 Å². The van der Waals surface area contributed by atoms with Crippen LogP contribution in [0.1, 0.15) is 37.9 Å². The maximum absolute atomic E-state index is 4.65. The lowest BCUT2D eigenvalue weighted by molar-refractivity contribution is 0.462. The third kappa shape index (κ3) is 2.93. The van der Waals surface area contributed by atoms with Crippen LogP contribution in [0.15, 0.2) is 36.4 Å². The summed E-state index contributed by atoms with van der Waals surface area (Å²) in [5, 5.41) is 3.65. The maximum Gasteiger partial charge on any atom is 0.154 e. The highest BCUT2D eigenvalue weighted by atomic mass is 15.1. The molecule has 1 aliphatic rings. The highest BCUT2D eigenvalue weighted by Crippen LogP contribution is 2.28. The van der Waals surface area contributed by atoms with Crippen molar-refractivity contribution in [3.8, 4) is 11.3 Å². The highest BCUT2D eigenvalue weighted by Gasteiger charge is 2.17. The zero-order valence-corrected chi connectivity index (χ0v) is 13.5. The normalized spacial score (nSPS) is 15.9. The second kappa shape index (κ2) is 6.03. The molecule has 3 aromatic rings. The van der Waals surface area contributed by atoms with E-state index in [0.717, 1.165) is 28.4 Å². The van der Waals surface area contributed by atoms with E-state index in [1.165, 1.54) is 37.7 Å². The molecule has 2 N–H and O–H groups in total. The van der Waals surface area contributed by atoms with Crippen LogP contribution in [0.2, 0.25) is 0 Å². The Morgan fingerprint density at radius 2 is 1.83 bits per heavy atom. The van der Waals surface area contributed by atoms with Crippen molar-refractivity contribution in [3.05, 3.63) is 42.2 Å². The molecule has 0 unspecified atom stereocenters.